The van der Waals surface area contributed by atoms with Gasteiger partial charge in [0, 0.05) is 70.3 Å². The van der Waals surface area contributed by atoms with Crippen molar-refractivity contribution in [2.24, 2.45) is 0 Å². The molecule has 0 N–H and O–H groups in total. The minimum atomic E-state index is -4.85. The summed E-state index contributed by atoms with van der Waals surface area (Å²) < 4.78 is 45.3. The van der Waals surface area contributed by atoms with E-state index in [1.54, 1.807) is 4.90 Å². The molecule has 2 aromatic carbocycles. The number of carbonyl (C=O) groups is 1. The lowest BCUT2D eigenvalue weighted by atomic mass is 10.1. The molecule has 2 aliphatic heterocycles. The zero-order chi connectivity index (χ0) is 26.4. The van der Waals surface area contributed by atoms with Gasteiger partial charge in [-0.1, -0.05) is 25.6 Å². The molecule has 0 bridgehead atoms. The van der Waals surface area contributed by atoms with Gasteiger partial charge in [-0.2, -0.15) is 13.2 Å². The van der Waals surface area contributed by atoms with Gasteiger partial charge in [-0.05, 0) is 37.2 Å². The second kappa shape index (κ2) is 12.9. The van der Waals surface area contributed by atoms with E-state index in [9.17, 15) is 28.1 Å². The number of anilines is 1. The monoisotopic (exact) mass is 536 g/mol. The normalized spacial score (nSPS) is 17.1. The third-order valence-electron chi connectivity index (χ3n) is 6.93. The van der Waals surface area contributed by atoms with E-state index in [2.05, 4.69) is 21.9 Å². The summed E-state index contributed by atoms with van der Waals surface area (Å²) in [7, 11) is 0. The molecule has 2 aliphatic rings. The van der Waals surface area contributed by atoms with Crippen molar-refractivity contribution in [1.29, 1.82) is 0 Å². The maximum atomic E-state index is 13.2. The minimum Gasteiger partial charge on any atom is -0.490 e. The number of nitro benzene ring substituents is 1. The number of hydrogen-bond acceptors (Lipinski definition) is 6. The Morgan fingerprint density at radius 1 is 1.00 bits per heavy atom. The largest absolute Gasteiger partial charge is 0.490 e. The molecule has 208 valence electrons. The highest BCUT2D eigenvalue weighted by atomic mass is 19.4. The predicted molar refractivity (Wildman–Crippen MR) is 139 cm³/mol. The highest BCUT2D eigenvalue weighted by Gasteiger charge is 2.39. The number of halogens is 3. The summed E-state index contributed by atoms with van der Waals surface area (Å²) in [6, 6.07) is 13.0. The van der Waals surface area contributed by atoms with Crippen LogP contribution in [-0.2, 0) is 11.0 Å². The summed E-state index contributed by atoms with van der Waals surface area (Å²) in [5.41, 5.74) is -1.10. The van der Waals surface area contributed by atoms with Gasteiger partial charge >= 0.3 is 6.18 Å². The van der Waals surface area contributed by atoms with E-state index < -0.39 is 22.4 Å². The fourth-order valence-electron chi connectivity index (χ4n) is 4.87. The maximum absolute atomic E-state index is 13.2. The zero-order valence-corrected chi connectivity index (χ0v) is 20.5. The molecule has 0 atom stereocenters. The average Bonchev–Trinajstić information content (AvgIpc) is 2.89. The van der Waals surface area contributed by atoms with Crippen molar-refractivity contribution in [2.45, 2.75) is 45.4 Å². The van der Waals surface area contributed by atoms with Crippen LogP contribution in [0.1, 0.15) is 38.7 Å². The number of ether oxygens (including phenoxy) is 1. The molecule has 4 rings (SSSR count). The Hall–Kier alpha value is -3.34. The van der Waals surface area contributed by atoms with Gasteiger partial charge in [0.15, 0.2) is 0 Å². The molecular formula is C27H35F3N4O4. The van der Waals surface area contributed by atoms with Crippen molar-refractivity contribution in [3.63, 3.8) is 0 Å². The molecule has 11 heteroatoms. The Morgan fingerprint density at radius 3 is 2.26 bits per heavy atom. The molecule has 0 radical (unpaired) electrons. The molecule has 2 fully saturated rings. The first-order valence-electron chi connectivity index (χ1n) is 12.5. The summed E-state index contributed by atoms with van der Waals surface area (Å²) in [5, 5.41) is 10.9. The Bertz CT molecular complexity index is 1070. The number of piperidine rings is 1. The van der Waals surface area contributed by atoms with Crippen molar-refractivity contribution in [1.82, 2.24) is 9.80 Å². The van der Waals surface area contributed by atoms with Gasteiger partial charge in [0.1, 0.15) is 17.4 Å². The van der Waals surface area contributed by atoms with Gasteiger partial charge in [0.05, 0.1) is 4.92 Å². The maximum Gasteiger partial charge on any atom is 0.423 e. The lowest BCUT2D eigenvalue weighted by Crippen LogP contribution is -2.47. The Morgan fingerprint density at radius 2 is 1.66 bits per heavy atom. The molecule has 2 aromatic rings. The van der Waals surface area contributed by atoms with Gasteiger partial charge in [-0.25, -0.2) is 0 Å². The van der Waals surface area contributed by atoms with Crippen LogP contribution >= 0.6 is 0 Å². The number of hydrogen-bond donors (Lipinski definition) is 0. The summed E-state index contributed by atoms with van der Waals surface area (Å²) in [6.45, 7) is 5.66. The number of nitro groups is 1. The van der Waals surface area contributed by atoms with Gasteiger partial charge in [0.2, 0.25) is 5.91 Å². The lowest BCUT2D eigenvalue weighted by molar-refractivity contribution is -0.388. The standard InChI is InChI=1S/C26H31F3N4O4.CH4/c27-26(28,29)23-19-22(8-9-24(23)33(35)36)37-21-10-13-32(14-11-21)25(34)7-4-12-30-15-17-31(18-16-30)20-5-2-1-3-6-20;/h1-3,5-6,8-9,19,21H,4,7,10-18H2;1H4. The zero-order valence-electron chi connectivity index (χ0n) is 20.5. The van der Waals surface area contributed by atoms with E-state index >= 15 is 0 Å². The molecular weight excluding hydrogens is 501 g/mol. The number of amides is 1. The van der Waals surface area contributed by atoms with E-state index in [4.69, 9.17) is 4.74 Å². The molecule has 2 saturated heterocycles. The van der Waals surface area contributed by atoms with E-state index in [0.717, 1.165) is 45.2 Å². The molecule has 1 amide bonds. The second-order valence-corrected chi connectivity index (χ2v) is 9.40. The summed E-state index contributed by atoms with van der Waals surface area (Å²) in [4.78, 5) is 29.1. The number of benzene rings is 2. The number of likely N-dealkylation sites (tertiary alicyclic amines) is 1. The molecule has 0 saturated carbocycles. The third kappa shape index (κ3) is 7.59. The molecule has 0 unspecified atom stereocenters. The van der Waals surface area contributed by atoms with Crippen molar-refractivity contribution < 1.29 is 27.6 Å². The summed E-state index contributed by atoms with van der Waals surface area (Å²) in [5.74, 6) is 0.0196. The van der Waals surface area contributed by atoms with Crippen LogP contribution in [0.3, 0.4) is 0 Å². The molecule has 2 heterocycles. The number of alkyl halides is 3. The van der Waals surface area contributed by atoms with Crippen LogP contribution in [-0.4, -0.2) is 72.5 Å². The SMILES string of the molecule is C.O=C(CCCN1CCN(c2ccccc2)CC1)N1CCC(Oc2ccc([N+](=O)[O-])c(C(F)(F)F)c2)CC1. The van der Waals surface area contributed by atoms with Crippen molar-refractivity contribution in [2.75, 3.05) is 50.7 Å². The number of carbonyl (C=O) groups excluding carboxylic acids is 1. The number of nitrogens with zero attached hydrogens (tertiary/aromatic N) is 4. The van der Waals surface area contributed by atoms with Gasteiger partial charge in [-0.15, -0.1) is 0 Å². The molecule has 38 heavy (non-hydrogen) atoms. The van der Waals surface area contributed by atoms with Crippen molar-refractivity contribution in [3.8, 4) is 5.75 Å². The number of para-hydroxylation sites is 1. The molecule has 0 spiro atoms. The van der Waals surface area contributed by atoms with Gasteiger partial charge < -0.3 is 14.5 Å². The lowest BCUT2D eigenvalue weighted by Gasteiger charge is -2.36. The molecule has 0 aliphatic carbocycles. The Labute approximate surface area is 221 Å². The van der Waals surface area contributed by atoms with E-state index in [1.165, 1.54) is 11.8 Å². The highest BCUT2D eigenvalue weighted by molar-refractivity contribution is 5.76. The van der Waals surface area contributed by atoms with E-state index in [0.29, 0.717) is 38.4 Å². The predicted octanol–water partition coefficient (Wildman–Crippen LogP) is 5.22. The van der Waals surface area contributed by atoms with Crippen LogP contribution in [0, 0.1) is 10.1 Å². The average molecular weight is 537 g/mol. The Balaban J connectivity index is 0.00000400. The topological polar surface area (TPSA) is 79.2 Å². The van der Waals surface area contributed by atoms with Crippen LogP contribution in [0.4, 0.5) is 24.5 Å². The third-order valence-corrected chi connectivity index (χ3v) is 6.93. The Kier molecular flexibility index (Phi) is 9.96. The summed E-state index contributed by atoms with van der Waals surface area (Å²) in [6.07, 6.45) is -2.98. The van der Waals surface area contributed by atoms with Crippen LogP contribution in [0.25, 0.3) is 0 Å². The first-order chi connectivity index (χ1) is 17.7. The van der Waals surface area contributed by atoms with Crippen molar-refractivity contribution >= 4 is 17.3 Å². The molecule has 0 aromatic heterocycles. The minimum absolute atomic E-state index is 0. The van der Waals surface area contributed by atoms with Crippen LogP contribution < -0.4 is 9.64 Å². The number of rotatable bonds is 8. The van der Waals surface area contributed by atoms with E-state index in [-0.39, 0.29) is 25.2 Å². The quantitative estimate of drug-likeness (QED) is 0.340. The number of piperazine rings is 1. The first kappa shape index (κ1) is 29.2. The van der Waals surface area contributed by atoms with Crippen LogP contribution in [0.5, 0.6) is 5.75 Å². The fourth-order valence-corrected chi connectivity index (χ4v) is 4.87. The molecule has 8 nitrogen and oxygen atoms in total. The van der Waals surface area contributed by atoms with Crippen LogP contribution in [0.2, 0.25) is 0 Å². The van der Waals surface area contributed by atoms with E-state index in [1.807, 2.05) is 18.2 Å². The fraction of sp³-hybridized carbons (Fsp3) is 0.519. The highest BCUT2D eigenvalue weighted by Crippen LogP contribution is 2.38. The first-order valence-corrected chi connectivity index (χ1v) is 12.5. The smallest absolute Gasteiger partial charge is 0.423 e. The van der Waals surface area contributed by atoms with Crippen molar-refractivity contribution in [3.05, 3.63) is 64.2 Å². The second-order valence-electron chi connectivity index (χ2n) is 9.40. The van der Waals surface area contributed by atoms with Crippen LogP contribution in [0.15, 0.2) is 48.5 Å². The van der Waals surface area contributed by atoms with Gasteiger partial charge in [0.25, 0.3) is 5.69 Å². The summed E-state index contributed by atoms with van der Waals surface area (Å²) >= 11 is 0. The van der Waals surface area contributed by atoms with Gasteiger partial charge in [-0.3, -0.25) is 19.8 Å².